The highest BCUT2D eigenvalue weighted by atomic mass is 16.7. The minimum atomic E-state index is -0.775. The molecule has 0 bridgehead atoms. The van der Waals surface area contributed by atoms with Gasteiger partial charge in [-0.05, 0) is 18.1 Å². The van der Waals surface area contributed by atoms with Gasteiger partial charge in [0.15, 0.2) is 0 Å². The predicted octanol–water partition coefficient (Wildman–Crippen LogP) is 1.98. The van der Waals surface area contributed by atoms with Crippen molar-refractivity contribution in [2.45, 2.75) is 31.7 Å². The number of fused-ring (bicyclic) bond motifs is 3. The van der Waals surface area contributed by atoms with Gasteiger partial charge in [0, 0.05) is 18.1 Å². The molecular weight excluding hydrogens is 284 g/mol. The van der Waals surface area contributed by atoms with Crippen LogP contribution in [-0.2, 0) is 30.2 Å². The van der Waals surface area contributed by atoms with Gasteiger partial charge in [0.2, 0.25) is 0 Å². The van der Waals surface area contributed by atoms with Crippen LogP contribution in [0.2, 0.25) is 0 Å². The van der Waals surface area contributed by atoms with E-state index in [0.29, 0.717) is 11.1 Å². The highest BCUT2D eigenvalue weighted by molar-refractivity contribution is 5.93. The predicted molar refractivity (Wildman–Crippen MR) is 75.6 cm³/mol. The van der Waals surface area contributed by atoms with Crippen LogP contribution in [0, 0.1) is 0 Å². The number of rotatable bonds is 2. The summed E-state index contributed by atoms with van der Waals surface area (Å²) >= 11 is 0. The molecule has 112 valence electrons. The van der Waals surface area contributed by atoms with Gasteiger partial charge in [-0.3, -0.25) is 0 Å². The molecule has 4 rings (SSSR count). The van der Waals surface area contributed by atoms with Crippen LogP contribution in [0.4, 0.5) is 0 Å². The highest BCUT2D eigenvalue weighted by Gasteiger charge is 2.46. The number of esters is 2. The van der Waals surface area contributed by atoms with E-state index >= 15 is 0 Å². The average Bonchev–Trinajstić information content (AvgIpc) is 3.09. The summed E-state index contributed by atoms with van der Waals surface area (Å²) in [6.07, 6.45) is 2.75. The fourth-order valence-electron chi connectivity index (χ4n) is 3.20. The normalized spacial score (nSPS) is 30.7. The van der Waals surface area contributed by atoms with E-state index in [1.54, 1.807) is 13.0 Å². The lowest BCUT2D eigenvalue weighted by atomic mass is 9.94. The zero-order valence-corrected chi connectivity index (χ0v) is 11.9. The average molecular weight is 298 g/mol. The molecule has 1 saturated heterocycles. The molecule has 5 heteroatoms. The molecule has 1 aliphatic carbocycles. The van der Waals surface area contributed by atoms with E-state index in [2.05, 4.69) is 0 Å². The molecule has 2 heterocycles. The quantitative estimate of drug-likeness (QED) is 0.474. The minimum Gasteiger partial charge on any atom is -0.458 e. The number of cyclic esters (lactones) is 1. The molecule has 3 unspecified atom stereocenters. The number of carbonyl (C=O) groups excluding carboxylic acids is 2. The van der Waals surface area contributed by atoms with Gasteiger partial charge in [-0.2, -0.15) is 0 Å². The van der Waals surface area contributed by atoms with Gasteiger partial charge in [0.1, 0.15) is 6.10 Å². The van der Waals surface area contributed by atoms with Crippen molar-refractivity contribution in [1.82, 2.24) is 0 Å². The summed E-state index contributed by atoms with van der Waals surface area (Å²) in [4.78, 5) is 23.3. The minimum absolute atomic E-state index is 0.106. The molecule has 0 N–H and O–H groups in total. The van der Waals surface area contributed by atoms with Gasteiger partial charge < -0.3 is 14.2 Å². The van der Waals surface area contributed by atoms with E-state index in [1.165, 1.54) is 11.8 Å². The Morgan fingerprint density at radius 3 is 2.77 bits per heavy atom. The van der Waals surface area contributed by atoms with E-state index in [0.717, 1.165) is 12.0 Å². The molecule has 22 heavy (non-hydrogen) atoms. The van der Waals surface area contributed by atoms with Crippen molar-refractivity contribution in [2.75, 3.05) is 0 Å². The van der Waals surface area contributed by atoms with Crippen LogP contribution in [0.25, 0.3) is 0 Å². The fourth-order valence-corrected chi connectivity index (χ4v) is 3.20. The van der Waals surface area contributed by atoms with Gasteiger partial charge >= 0.3 is 11.9 Å². The Hall–Kier alpha value is -2.56. The zero-order valence-electron chi connectivity index (χ0n) is 11.9. The molecule has 2 aliphatic heterocycles. The van der Waals surface area contributed by atoms with Crippen molar-refractivity contribution in [2.24, 2.45) is 0 Å². The lowest BCUT2D eigenvalue weighted by molar-refractivity contribution is -0.152. The van der Waals surface area contributed by atoms with Crippen molar-refractivity contribution >= 4 is 11.9 Å². The van der Waals surface area contributed by atoms with Crippen LogP contribution in [-0.4, -0.2) is 24.3 Å². The third-order valence-corrected chi connectivity index (χ3v) is 4.27. The second-order valence-electron chi connectivity index (χ2n) is 5.66. The number of carbonyl (C=O) groups is 2. The Kier molecular flexibility index (Phi) is 2.82. The number of benzene rings is 1. The number of ether oxygens (including phenoxy) is 3. The van der Waals surface area contributed by atoms with Crippen molar-refractivity contribution < 1.29 is 23.8 Å². The molecule has 1 aromatic carbocycles. The zero-order chi connectivity index (χ0) is 15.3. The largest absolute Gasteiger partial charge is 0.458 e. The second kappa shape index (κ2) is 4.73. The van der Waals surface area contributed by atoms with Gasteiger partial charge in [0.05, 0.1) is 17.8 Å². The van der Waals surface area contributed by atoms with E-state index in [4.69, 9.17) is 14.2 Å². The molecule has 0 amide bonds. The van der Waals surface area contributed by atoms with Gasteiger partial charge in [-0.15, -0.1) is 0 Å². The Morgan fingerprint density at radius 1 is 1.18 bits per heavy atom. The molecule has 3 atom stereocenters. The second-order valence-corrected chi connectivity index (χ2v) is 5.66. The van der Waals surface area contributed by atoms with Crippen LogP contribution in [0.1, 0.15) is 24.0 Å². The third kappa shape index (κ3) is 1.93. The molecular formula is C17H14O5. The third-order valence-electron chi connectivity index (χ3n) is 4.27. The summed E-state index contributed by atoms with van der Waals surface area (Å²) in [6.45, 7) is 1.66. The number of hydrogen-bond acceptors (Lipinski definition) is 5. The molecule has 5 nitrogen and oxygen atoms in total. The maximum atomic E-state index is 12.0. The Balaban J connectivity index is 1.60. The van der Waals surface area contributed by atoms with Crippen LogP contribution in [0.3, 0.4) is 0 Å². The molecule has 1 aromatic rings. The SMILES string of the molecule is CC1=CC(O/C=C2/C(=O)OC3Cc4ccccc4C23)OC1=O. The van der Waals surface area contributed by atoms with E-state index in [9.17, 15) is 9.59 Å². The lowest BCUT2D eigenvalue weighted by Gasteiger charge is -2.11. The van der Waals surface area contributed by atoms with Crippen molar-refractivity contribution in [3.63, 3.8) is 0 Å². The van der Waals surface area contributed by atoms with Crippen LogP contribution >= 0.6 is 0 Å². The van der Waals surface area contributed by atoms with E-state index < -0.39 is 12.3 Å². The molecule has 0 spiro atoms. The van der Waals surface area contributed by atoms with Gasteiger partial charge in [0.25, 0.3) is 6.29 Å². The first-order valence-electron chi connectivity index (χ1n) is 7.17. The summed E-state index contributed by atoms with van der Waals surface area (Å²) in [5.41, 5.74) is 3.27. The molecule has 1 fully saturated rings. The first-order chi connectivity index (χ1) is 10.6. The topological polar surface area (TPSA) is 61.8 Å². The molecule has 0 radical (unpaired) electrons. The first-order valence-corrected chi connectivity index (χ1v) is 7.17. The van der Waals surface area contributed by atoms with Crippen molar-refractivity contribution in [3.05, 3.63) is 58.9 Å². The smallest absolute Gasteiger partial charge is 0.338 e. The molecule has 0 aromatic heterocycles. The first kappa shape index (κ1) is 13.1. The van der Waals surface area contributed by atoms with Crippen LogP contribution in [0.15, 0.2) is 47.7 Å². The van der Waals surface area contributed by atoms with Crippen molar-refractivity contribution in [3.8, 4) is 0 Å². The fraction of sp³-hybridized carbons (Fsp3) is 0.294. The summed E-state index contributed by atoms with van der Waals surface area (Å²) in [5, 5.41) is 0. The number of hydrogen-bond donors (Lipinski definition) is 0. The van der Waals surface area contributed by atoms with Crippen LogP contribution < -0.4 is 0 Å². The summed E-state index contributed by atoms with van der Waals surface area (Å²) < 4.78 is 15.9. The Bertz CT molecular complexity index is 730. The van der Waals surface area contributed by atoms with Gasteiger partial charge in [-0.1, -0.05) is 24.3 Å². The monoisotopic (exact) mass is 298 g/mol. The van der Waals surface area contributed by atoms with Crippen molar-refractivity contribution in [1.29, 1.82) is 0 Å². The maximum Gasteiger partial charge on any atom is 0.338 e. The standard InChI is InChI=1S/C17H14O5/c1-9-6-14(22-16(9)18)20-8-12-15-11-5-3-2-4-10(11)7-13(15)21-17(12)19/h2-6,8,13-15H,7H2,1H3/b12-8+. The summed E-state index contributed by atoms with van der Waals surface area (Å²) in [5.74, 6) is -0.873. The van der Waals surface area contributed by atoms with E-state index in [1.807, 2.05) is 24.3 Å². The highest BCUT2D eigenvalue weighted by Crippen LogP contribution is 2.45. The Morgan fingerprint density at radius 2 is 2.00 bits per heavy atom. The molecule has 0 saturated carbocycles. The van der Waals surface area contributed by atoms with E-state index in [-0.39, 0.29) is 18.0 Å². The maximum absolute atomic E-state index is 12.0. The van der Waals surface area contributed by atoms with Crippen LogP contribution in [0.5, 0.6) is 0 Å². The lowest BCUT2D eigenvalue weighted by Crippen LogP contribution is -2.11. The Labute approximate surface area is 127 Å². The van der Waals surface area contributed by atoms with Gasteiger partial charge in [-0.25, -0.2) is 9.59 Å². The summed E-state index contributed by atoms with van der Waals surface area (Å²) in [6, 6.07) is 7.99. The molecule has 3 aliphatic rings. The summed E-state index contributed by atoms with van der Waals surface area (Å²) in [7, 11) is 0.